The van der Waals surface area contributed by atoms with Gasteiger partial charge in [-0.3, -0.25) is 0 Å². The molecular formula is C22H24ClF3N6O3. The Kier molecular flexibility index (Phi) is 7.64. The van der Waals surface area contributed by atoms with Crippen molar-refractivity contribution in [3.05, 3.63) is 47.0 Å². The second kappa shape index (κ2) is 10.3. The van der Waals surface area contributed by atoms with Crippen LogP contribution >= 0.6 is 11.6 Å². The van der Waals surface area contributed by atoms with Crippen LogP contribution in [0.1, 0.15) is 26.3 Å². The Morgan fingerprint density at radius 1 is 1.14 bits per heavy atom. The number of alkyl carbamates (subject to hydrolysis) is 1. The minimum atomic E-state index is -4.66. The molecule has 0 spiro atoms. The fraction of sp³-hybridized carbons (Fsp3) is 0.318. The minimum absolute atomic E-state index is 0.0230. The number of halogens is 4. The fourth-order valence-corrected chi connectivity index (χ4v) is 3.26. The van der Waals surface area contributed by atoms with E-state index >= 15 is 0 Å². The molecule has 0 aliphatic carbocycles. The summed E-state index contributed by atoms with van der Waals surface area (Å²) in [5.41, 5.74) is 4.09. The Morgan fingerprint density at radius 3 is 2.46 bits per heavy atom. The number of alkyl halides is 3. The predicted molar refractivity (Wildman–Crippen MR) is 126 cm³/mol. The molecule has 188 valence electrons. The average Bonchev–Trinajstić information content (AvgIpc) is 3.14. The molecule has 5 N–H and O–H groups in total. The number of rotatable bonds is 7. The summed E-state index contributed by atoms with van der Waals surface area (Å²) >= 11 is 6.30. The van der Waals surface area contributed by atoms with Crippen molar-refractivity contribution >= 4 is 35.3 Å². The molecule has 0 aliphatic rings. The minimum Gasteiger partial charge on any atom is -0.492 e. The lowest BCUT2D eigenvalue weighted by Crippen LogP contribution is -2.34. The van der Waals surface area contributed by atoms with E-state index in [0.717, 1.165) is 6.07 Å². The number of benzene rings is 2. The Balaban J connectivity index is 1.72. The van der Waals surface area contributed by atoms with Gasteiger partial charge in [-0.05, 0) is 56.7 Å². The number of hydrogen-bond donors (Lipinski definition) is 4. The quantitative estimate of drug-likeness (QED) is 0.313. The summed E-state index contributed by atoms with van der Waals surface area (Å²) in [6, 6.07) is 8.02. The first-order chi connectivity index (χ1) is 16.3. The highest BCUT2D eigenvalue weighted by Gasteiger charge is 2.34. The molecule has 1 amide bonds. The number of carbonyl (C=O) groups excluding carboxylic acids is 1. The number of aromatic nitrogens is 3. The van der Waals surface area contributed by atoms with Crippen molar-refractivity contribution in [2.75, 3.05) is 24.2 Å². The van der Waals surface area contributed by atoms with Gasteiger partial charge in [-0.1, -0.05) is 17.7 Å². The van der Waals surface area contributed by atoms with Crippen LogP contribution in [0, 0.1) is 0 Å². The summed E-state index contributed by atoms with van der Waals surface area (Å²) in [6.07, 6.45) is -5.24. The van der Waals surface area contributed by atoms with Crippen LogP contribution in [0.5, 0.6) is 5.75 Å². The van der Waals surface area contributed by atoms with Gasteiger partial charge >= 0.3 is 12.3 Å². The number of anilines is 3. The number of hydrogen-bond acceptors (Lipinski definition) is 7. The van der Waals surface area contributed by atoms with E-state index in [2.05, 4.69) is 25.8 Å². The van der Waals surface area contributed by atoms with Crippen molar-refractivity contribution in [3.63, 3.8) is 0 Å². The number of nitrogen functional groups attached to an aromatic ring is 1. The third-order valence-corrected chi connectivity index (χ3v) is 4.67. The number of nitrogens with zero attached hydrogens (tertiary/aromatic N) is 2. The van der Waals surface area contributed by atoms with Crippen LogP contribution in [0.4, 0.5) is 35.5 Å². The molecule has 0 radical (unpaired) electrons. The first-order valence-corrected chi connectivity index (χ1v) is 10.8. The molecule has 3 aromatic rings. The molecule has 0 aliphatic heterocycles. The molecular weight excluding hydrogens is 489 g/mol. The van der Waals surface area contributed by atoms with E-state index in [1.807, 2.05) is 0 Å². The lowest BCUT2D eigenvalue weighted by atomic mass is 9.98. The number of nitrogens with two attached hydrogens (primary N) is 1. The van der Waals surface area contributed by atoms with Gasteiger partial charge in [0.05, 0.1) is 17.1 Å². The highest BCUT2D eigenvalue weighted by atomic mass is 35.5. The van der Waals surface area contributed by atoms with Crippen molar-refractivity contribution in [2.24, 2.45) is 0 Å². The van der Waals surface area contributed by atoms with Crippen molar-refractivity contribution in [3.8, 4) is 16.9 Å². The number of carbonyl (C=O) groups is 1. The van der Waals surface area contributed by atoms with Crippen molar-refractivity contribution in [1.82, 2.24) is 20.5 Å². The van der Waals surface area contributed by atoms with Gasteiger partial charge in [-0.2, -0.15) is 18.2 Å². The average molecular weight is 513 g/mol. The van der Waals surface area contributed by atoms with Gasteiger partial charge in [-0.15, -0.1) is 5.10 Å². The second-order valence-corrected chi connectivity index (χ2v) is 8.75. The monoisotopic (exact) mass is 512 g/mol. The summed E-state index contributed by atoms with van der Waals surface area (Å²) in [4.78, 5) is 15.5. The summed E-state index contributed by atoms with van der Waals surface area (Å²) in [7, 11) is 0. The second-order valence-electron chi connectivity index (χ2n) is 8.35. The van der Waals surface area contributed by atoms with Crippen LogP contribution in [0.3, 0.4) is 0 Å². The Bertz CT molecular complexity index is 1190. The van der Waals surface area contributed by atoms with Gasteiger partial charge in [0.2, 0.25) is 11.9 Å². The summed E-state index contributed by atoms with van der Waals surface area (Å²) < 4.78 is 52.2. The lowest BCUT2D eigenvalue weighted by Gasteiger charge is -2.19. The third-order valence-electron chi connectivity index (χ3n) is 4.35. The van der Waals surface area contributed by atoms with E-state index in [1.165, 1.54) is 30.3 Å². The van der Waals surface area contributed by atoms with E-state index < -0.39 is 23.4 Å². The Hall–Kier alpha value is -3.67. The van der Waals surface area contributed by atoms with Gasteiger partial charge in [0, 0.05) is 11.3 Å². The Labute approximate surface area is 204 Å². The van der Waals surface area contributed by atoms with Gasteiger partial charge < -0.3 is 25.8 Å². The molecule has 0 saturated heterocycles. The summed E-state index contributed by atoms with van der Waals surface area (Å²) in [6.45, 7) is 5.50. The van der Waals surface area contributed by atoms with Crippen LogP contribution < -0.4 is 21.1 Å². The van der Waals surface area contributed by atoms with Crippen LogP contribution in [-0.4, -0.2) is 40.0 Å². The molecule has 13 heteroatoms. The molecule has 1 aromatic heterocycles. The highest BCUT2D eigenvalue weighted by Crippen LogP contribution is 2.41. The first-order valence-electron chi connectivity index (χ1n) is 10.4. The molecule has 0 atom stereocenters. The van der Waals surface area contributed by atoms with E-state index in [4.69, 9.17) is 26.8 Å². The highest BCUT2D eigenvalue weighted by molar-refractivity contribution is 6.33. The maximum Gasteiger partial charge on any atom is 0.417 e. The van der Waals surface area contributed by atoms with Gasteiger partial charge in [0.25, 0.3) is 0 Å². The van der Waals surface area contributed by atoms with E-state index in [1.54, 1.807) is 20.8 Å². The van der Waals surface area contributed by atoms with Crippen LogP contribution in [0.2, 0.25) is 5.02 Å². The number of nitrogens with one attached hydrogen (secondary N) is 3. The smallest absolute Gasteiger partial charge is 0.417 e. The molecule has 3 rings (SSSR count). The lowest BCUT2D eigenvalue weighted by molar-refractivity contribution is -0.137. The zero-order valence-corrected chi connectivity index (χ0v) is 19.8. The molecule has 0 fully saturated rings. The van der Waals surface area contributed by atoms with Crippen LogP contribution in [0.25, 0.3) is 11.1 Å². The topological polar surface area (TPSA) is 127 Å². The van der Waals surface area contributed by atoms with Crippen molar-refractivity contribution in [2.45, 2.75) is 32.5 Å². The fourth-order valence-electron chi connectivity index (χ4n) is 2.99. The van der Waals surface area contributed by atoms with Crippen LogP contribution in [-0.2, 0) is 10.9 Å². The van der Waals surface area contributed by atoms with Crippen molar-refractivity contribution in [1.29, 1.82) is 0 Å². The SMILES string of the molecule is CC(C)(C)OC(=O)NCCOc1ccc(-c2ccc(Nc3n[nH]c(N)n3)cc2C(F)(F)F)c(Cl)c1. The third kappa shape index (κ3) is 7.41. The maximum atomic E-state index is 13.8. The van der Waals surface area contributed by atoms with E-state index in [-0.39, 0.29) is 46.9 Å². The van der Waals surface area contributed by atoms with Crippen LogP contribution in [0.15, 0.2) is 36.4 Å². The molecule has 2 aromatic carbocycles. The Morgan fingerprint density at radius 2 is 1.86 bits per heavy atom. The summed E-state index contributed by atoms with van der Waals surface area (Å²) in [5.74, 6) is 0.387. The maximum absolute atomic E-state index is 13.8. The normalized spacial score (nSPS) is 11.7. The number of amides is 1. The molecule has 0 unspecified atom stereocenters. The standard InChI is InChI=1S/C22H24ClF3N6O3/c1-21(2,3)35-20(33)28-8-9-34-13-5-7-15(17(23)11-13)14-6-4-12(10-16(14)22(24,25)26)29-19-30-18(27)31-32-19/h4-7,10-11H,8-9H2,1-3H3,(H,28,33)(H4,27,29,30,31,32). The first kappa shape index (κ1) is 25.9. The van der Waals surface area contributed by atoms with E-state index in [9.17, 15) is 18.0 Å². The number of H-pyrrole nitrogens is 1. The molecule has 35 heavy (non-hydrogen) atoms. The van der Waals surface area contributed by atoms with Gasteiger partial charge in [-0.25, -0.2) is 9.89 Å². The summed E-state index contributed by atoms with van der Waals surface area (Å²) in [5, 5.41) is 11.4. The zero-order valence-electron chi connectivity index (χ0n) is 19.1. The predicted octanol–water partition coefficient (Wildman–Crippen LogP) is 5.37. The number of ether oxygens (including phenoxy) is 2. The molecule has 0 bridgehead atoms. The largest absolute Gasteiger partial charge is 0.492 e. The van der Waals surface area contributed by atoms with Gasteiger partial charge in [0.15, 0.2) is 0 Å². The molecule has 0 saturated carbocycles. The number of aromatic amines is 1. The molecule has 1 heterocycles. The van der Waals surface area contributed by atoms with Crippen molar-refractivity contribution < 1.29 is 27.4 Å². The van der Waals surface area contributed by atoms with Gasteiger partial charge in [0.1, 0.15) is 18.0 Å². The zero-order chi connectivity index (χ0) is 25.8. The molecule has 9 nitrogen and oxygen atoms in total. The van der Waals surface area contributed by atoms with E-state index in [0.29, 0.717) is 5.75 Å².